The second-order valence-electron chi connectivity index (χ2n) is 4.99. The SMILES string of the molecule is COc1cc(C(=O)Nc2ccc(I)cc2)ccc1OC(C)C. The van der Waals surface area contributed by atoms with Crippen LogP contribution in [0.25, 0.3) is 0 Å². The average molecular weight is 411 g/mol. The molecule has 4 nitrogen and oxygen atoms in total. The third-order valence-electron chi connectivity index (χ3n) is 2.89. The quantitative estimate of drug-likeness (QED) is 0.745. The first-order chi connectivity index (χ1) is 10.5. The number of amides is 1. The van der Waals surface area contributed by atoms with Gasteiger partial charge < -0.3 is 14.8 Å². The molecular weight excluding hydrogens is 393 g/mol. The minimum atomic E-state index is -0.185. The van der Waals surface area contributed by atoms with Crippen molar-refractivity contribution in [3.8, 4) is 11.5 Å². The number of carbonyl (C=O) groups is 1. The molecule has 0 heterocycles. The third-order valence-corrected chi connectivity index (χ3v) is 3.61. The molecule has 1 amide bonds. The van der Waals surface area contributed by atoms with Crippen LogP contribution in [0.1, 0.15) is 24.2 Å². The van der Waals surface area contributed by atoms with Crippen molar-refractivity contribution in [2.45, 2.75) is 20.0 Å². The van der Waals surface area contributed by atoms with Crippen molar-refractivity contribution in [3.05, 3.63) is 51.6 Å². The Bertz CT molecular complexity index is 653. The van der Waals surface area contributed by atoms with E-state index < -0.39 is 0 Å². The zero-order chi connectivity index (χ0) is 16.1. The molecule has 2 aromatic carbocycles. The maximum Gasteiger partial charge on any atom is 0.255 e. The summed E-state index contributed by atoms with van der Waals surface area (Å²) in [5, 5.41) is 2.86. The molecule has 5 heteroatoms. The van der Waals surface area contributed by atoms with E-state index in [0.29, 0.717) is 17.1 Å². The van der Waals surface area contributed by atoms with E-state index in [9.17, 15) is 4.79 Å². The van der Waals surface area contributed by atoms with E-state index in [1.54, 1.807) is 25.3 Å². The molecule has 0 saturated carbocycles. The third kappa shape index (κ3) is 4.37. The maximum absolute atomic E-state index is 12.3. The molecule has 0 saturated heterocycles. The average Bonchev–Trinajstić information content (AvgIpc) is 2.49. The van der Waals surface area contributed by atoms with Crippen LogP contribution in [0, 0.1) is 3.57 Å². The van der Waals surface area contributed by atoms with Crippen molar-refractivity contribution >= 4 is 34.2 Å². The van der Waals surface area contributed by atoms with E-state index in [0.717, 1.165) is 9.26 Å². The van der Waals surface area contributed by atoms with E-state index in [2.05, 4.69) is 27.9 Å². The molecule has 0 unspecified atom stereocenters. The zero-order valence-corrected chi connectivity index (χ0v) is 14.9. The number of hydrogen-bond donors (Lipinski definition) is 1. The van der Waals surface area contributed by atoms with E-state index in [4.69, 9.17) is 9.47 Å². The van der Waals surface area contributed by atoms with Crippen molar-refractivity contribution in [2.24, 2.45) is 0 Å². The summed E-state index contributed by atoms with van der Waals surface area (Å²) in [6.45, 7) is 3.88. The van der Waals surface area contributed by atoms with E-state index >= 15 is 0 Å². The highest BCUT2D eigenvalue weighted by molar-refractivity contribution is 14.1. The molecule has 0 radical (unpaired) electrons. The number of rotatable bonds is 5. The summed E-state index contributed by atoms with van der Waals surface area (Å²) < 4.78 is 12.1. The highest BCUT2D eigenvalue weighted by atomic mass is 127. The smallest absolute Gasteiger partial charge is 0.255 e. The monoisotopic (exact) mass is 411 g/mol. The first-order valence-corrected chi connectivity index (χ1v) is 7.99. The molecular formula is C17H18INO3. The highest BCUT2D eigenvalue weighted by Crippen LogP contribution is 2.29. The second-order valence-corrected chi connectivity index (χ2v) is 6.24. The van der Waals surface area contributed by atoms with Crippen LogP contribution in [0.15, 0.2) is 42.5 Å². The molecule has 0 aromatic heterocycles. The first-order valence-electron chi connectivity index (χ1n) is 6.91. The molecule has 2 rings (SSSR count). The molecule has 0 spiro atoms. The van der Waals surface area contributed by atoms with Crippen LogP contribution in [-0.2, 0) is 0 Å². The van der Waals surface area contributed by atoms with Gasteiger partial charge in [0.15, 0.2) is 11.5 Å². The van der Waals surface area contributed by atoms with Gasteiger partial charge in [-0.15, -0.1) is 0 Å². The van der Waals surface area contributed by atoms with Crippen molar-refractivity contribution < 1.29 is 14.3 Å². The number of carbonyl (C=O) groups excluding carboxylic acids is 1. The van der Waals surface area contributed by atoms with Crippen molar-refractivity contribution in [2.75, 3.05) is 12.4 Å². The Hall–Kier alpha value is -1.76. The van der Waals surface area contributed by atoms with Crippen molar-refractivity contribution in [1.29, 1.82) is 0 Å². The lowest BCUT2D eigenvalue weighted by molar-refractivity contribution is 0.102. The van der Waals surface area contributed by atoms with Crippen LogP contribution < -0.4 is 14.8 Å². The molecule has 0 atom stereocenters. The van der Waals surface area contributed by atoms with Gasteiger partial charge in [0.25, 0.3) is 5.91 Å². The van der Waals surface area contributed by atoms with Crippen LogP contribution in [0.2, 0.25) is 0 Å². The number of hydrogen-bond acceptors (Lipinski definition) is 3. The fraction of sp³-hybridized carbons (Fsp3) is 0.235. The lowest BCUT2D eigenvalue weighted by Crippen LogP contribution is -2.12. The lowest BCUT2D eigenvalue weighted by atomic mass is 10.1. The number of ether oxygens (including phenoxy) is 2. The van der Waals surface area contributed by atoms with Crippen LogP contribution in [-0.4, -0.2) is 19.1 Å². The van der Waals surface area contributed by atoms with E-state index in [1.807, 2.05) is 38.1 Å². The second kappa shape index (κ2) is 7.49. The standard InChI is InChI=1S/C17H18INO3/c1-11(2)22-15-9-4-12(10-16(15)21-3)17(20)19-14-7-5-13(18)6-8-14/h4-11H,1-3H3,(H,19,20). The molecule has 2 aromatic rings. The molecule has 0 aliphatic rings. The van der Waals surface area contributed by atoms with Gasteiger partial charge in [0.2, 0.25) is 0 Å². The molecule has 0 bridgehead atoms. The number of benzene rings is 2. The predicted molar refractivity (Wildman–Crippen MR) is 95.9 cm³/mol. The van der Waals surface area contributed by atoms with Crippen LogP contribution in [0.3, 0.4) is 0 Å². The largest absolute Gasteiger partial charge is 0.493 e. The summed E-state index contributed by atoms with van der Waals surface area (Å²) >= 11 is 2.22. The van der Waals surface area contributed by atoms with Gasteiger partial charge in [-0.3, -0.25) is 4.79 Å². The Balaban J connectivity index is 2.17. The van der Waals surface area contributed by atoms with Gasteiger partial charge >= 0.3 is 0 Å². The summed E-state index contributed by atoms with van der Waals surface area (Å²) in [6, 6.07) is 12.8. The lowest BCUT2D eigenvalue weighted by Gasteiger charge is -2.14. The van der Waals surface area contributed by atoms with E-state index in [1.165, 1.54) is 0 Å². The van der Waals surface area contributed by atoms with Gasteiger partial charge in [0.05, 0.1) is 13.2 Å². The molecule has 22 heavy (non-hydrogen) atoms. The first kappa shape index (κ1) is 16.6. The van der Waals surface area contributed by atoms with Gasteiger partial charge in [-0.2, -0.15) is 0 Å². The number of anilines is 1. The topological polar surface area (TPSA) is 47.6 Å². The number of nitrogens with one attached hydrogen (secondary N) is 1. The summed E-state index contributed by atoms with van der Waals surface area (Å²) in [5.74, 6) is 0.989. The zero-order valence-electron chi connectivity index (χ0n) is 12.7. The van der Waals surface area contributed by atoms with Crippen LogP contribution in [0.4, 0.5) is 5.69 Å². The summed E-state index contributed by atoms with van der Waals surface area (Å²) in [7, 11) is 1.56. The Labute approximate surface area is 144 Å². The number of halogens is 1. The van der Waals surface area contributed by atoms with Crippen LogP contribution in [0.5, 0.6) is 11.5 Å². The van der Waals surface area contributed by atoms with Gasteiger partial charge in [-0.25, -0.2) is 0 Å². The fourth-order valence-electron chi connectivity index (χ4n) is 1.90. The number of methoxy groups -OCH3 is 1. The summed E-state index contributed by atoms with van der Waals surface area (Å²) in [4.78, 5) is 12.3. The Morgan fingerprint density at radius 3 is 2.36 bits per heavy atom. The minimum absolute atomic E-state index is 0.0420. The molecule has 1 N–H and O–H groups in total. The van der Waals surface area contributed by atoms with Crippen LogP contribution >= 0.6 is 22.6 Å². The van der Waals surface area contributed by atoms with Gasteiger partial charge in [-0.1, -0.05) is 0 Å². The molecule has 0 fully saturated rings. The fourth-order valence-corrected chi connectivity index (χ4v) is 2.26. The molecule has 116 valence electrons. The van der Waals surface area contributed by atoms with Gasteiger partial charge in [-0.05, 0) is 78.9 Å². The summed E-state index contributed by atoms with van der Waals surface area (Å²) in [6.07, 6.45) is 0.0420. The minimum Gasteiger partial charge on any atom is -0.493 e. The maximum atomic E-state index is 12.3. The van der Waals surface area contributed by atoms with E-state index in [-0.39, 0.29) is 12.0 Å². The Morgan fingerprint density at radius 2 is 1.77 bits per heavy atom. The Morgan fingerprint density at radius 1 is 1.09 bits per heavy atom. The van der Waals surface area contributed by atoms with Crippen molar-refractivity contribution in [1.82, 2.24) is 0 Å². The molecule has 0 aliphatic carbocycles. The van der Waals surface area contributed by atoms with Crippen molar-refractivity contribution in [3.63, 3.8) is 0 Å². The Kier molecular flexibility index (Phi) is 5.65. The molecule has 0 aliphatic heterocycles. The predicted octanol–water partition coefficient (Wildman–Crippen LogP) is 4.34. The summed E-state index contributed by atoms with van der Waals surface area (Å²) in [5.41, 5.74) is 1.28. The van der Waals surface area contributed by atoms with Gasteiger partial charge in [0, 0.05) is 14.8 Å². The normalized spacial score (nSPS) is 10.4. The highest BCUT2D eigenvalue weighted by Gasteiger charge is 2.12. The van der Waals surface area contributed by atoms with Gasteiger partial charge in [0.1, 0.15) is 0 Å².